The lowest BCUT2D eigenvalue weighted by molar-refractivity contribution is 0.0661. The summed E-state index contributed by atoms with van der Waals surface area (Å²) in [5.74, 6) is 0.534. The van der Waals surface area contributed by atoms with Gasteiger partial charge in [0.25, 0.3) is 5.91 Å². The SMILES string of the molecule is CC(N)C1CCCN(C(=O)c2ccc(-c3ccccc3)cc2)C1.Cl. The molecule has 3 rings (SSSR count). The van der Waals surface area contributed by atoms with Crippen LogP contribution in [-0.4, -0.2) is 29.9 Å². The Hall–Kier alpha value is -1.84. The number of carbonyl (C=O) groups excluding carboxylic acids is 1. The summed E-state index contributed by atoms with van der Waals surface area (Å²) in [7, 11) is 0. The average molecular weight is 345 g/mol. The third-order valence-corrected chi connectivity index (χ3v) is 4.73. The van der Waals surface area contributed by atoms with Crippen molar-refractivity contribution in [1.29, 1.82) is 0 Å². The largest absolute Gasteiger partial charge is 0.338 e. The van der Waals surface area contributed by atoms with E-state index in [2.05, 4.69) is 12.1 Å². The Labute approximate surface area is 150 Å². The highest BCUT2D eigenvalue weighted by Crippen LogP contribution is 2.23. The molecular weight excluding hydrogens is 320 g/mol. The van der Waals surface area contributed by atoms with Gasteiger partial charge in [0.1, 0.15) is 0 Å². The van der Waals surface area contributed by atoms with Gasteiger partial charge in [-0.1, -0.05) is 42.5 Å². The molecule has 2 unspecified atom stereocenters. The second-order valence-electron chi connectivity index (χ2n) is 6.46. The zero-order valence-corrected chi connectivity index (χ0v) is 14.8. The van der Waals surface area contributed by atoms with E-state index in [0.29, 0.717) is 5.92 Å². The highest BCUT2D eigenvalue weighted by atomic mass is 35.5. The van der Waals surface area contributed by atoms with Gasteiger partial charge in [-0.15, -0.1) is 12.4 Å². The van der Waals surface area contributed by atoms with Crippen LogP contribution >= 0.6 is 12.4 Å². The predicted octanol–water partition coefficient (Wildman–Crippen LogP) is 3.97. The smallest absolute Gasteiger partial charge is 0.253 e. The van der Waals surface area contributed by atoms with Gasteiger partial charge in [0.05, 0.1) is 0 Å². The van der Waals surface area contributed by atoms with Gasteiger partial charge in [-0.2, -0.15) is 0 Å². The van der Waals surface area contributed by atoms with Crippen LogP contribution in [0.15, 0.2) is 54.6 Å². The number of amides is 1. The second-order valence-corrected chi connectivity index (χ2v) is 6.46. The molecule has 2 aromatic carbocycles. The first-order valence-corrected chi connectivity index (χ1v) is 8.35. The summed E-state index contributed by atoms with van der Waals surface area (Å²) in [6.07, 6.45) is 2.16. The molecule has 0 bridgehead atoms. The third kappa shape index (κ3) is 4.16. The molecule has 1 amide bonds. The predicted molar refractivity (Wildman–Crippen MR) is 101 cm³/mol. The topological polar surface area (TPSA) is 46.3 Å². The third-order valence-electron chi connectivity index (χ3n) is 4.73. The van der Waals surface area contributed by atoms with E-state index in [-0.39, 0.29) is 24.4 Å². The minimum absolute atomic E-state index is 0. The summed E-state index contributed by atoms with van der Waals surface area (Å²) >= 11 is 0. The van der Waals surface area contributed by atoms with Crippen molar-refractivity contribution in [1.82, 2.24) is 4.90 Å². The van der Waals surface area contributed by atoms with Gasteiger partial charge in [-0.05, 0) is 48.9 Å². The molecule has 0 radical (unpaired) electrons. The summed E-state index contributed by atoms with van der Waals surface area (Å²) in [4.78, 5) is 14.7. The second kappa shape index (κ2) is 8.32. The standard InChI is InChI=1S/C20H24N2O.ClH/c1-15(21)19-8-5-13-22(14-19)20(23)18-11-9-17(10-12-18)16-6-3-2-4-7-16;/h2-4,6-7,9-12,15,19H,5,8,13-14,21H2,1H3;1H. The fourth-order valence-electron chi connectivity index (χ4n) is 3.24. The Morgan fingerprint density at radius 3 is 2.33 bits per heavy atom. The zero-order chi connectivity index (χ0) is 16.2. The number of carbonyl (C=O) groups is 1. The van der Waals surface area contributed by atoms with Gasteiger partial charge in [0, 0.05) is 24.7 Å². The van der Waals surface area contributed by atoms with Gasteiger partial charge in [0.15, 0.2) is 0 Å². The number of halogens is 1. The fourth-order valence-corrected chi connectivity index (χ4v) is 3.24. The lowest BCUT2D eigenvalue weighted by Crippen LogP contribution is -2.45. The summed E-state index contributed by atoms with van der Waals surface area (Å²) in [6.45, 7) is 3.65. The van der Waals surface area contributed by atoms with Crippen molar-refractivity contribution in [3.63, 3.8) is 0 Å². The molecule has 3 nitrogen and oxygen atoms in total. The summed E-state index contributed by atoms with van der Waals surface area (Å²) in [6, 6.07) is 18.3. The van der Waals surface area contributed by atoms with Crippen molar-refractivity contribution in [2.24, 2.45) is 11.7 Å². The molecule has 2 atom stereocenters. The molecule has 24 heavy (non-hydrogen) atoms. The van der Waals surface area contributed by atoms with Crippen LogP contribution in [0, 0.1) is 5.92 Å². The number of piperidine rings is 1. The first-order valence-electron chi connectivity index (χ1n) is 8.35. The molecule has 1 aliphatic heterocycles. The molecule has 2 N–H and O–H groups in total. The van der Waals surface area contributed by atoms with E-state index >= 15 is 0 Å². The monoisotopic (exact) mass is 344 g/mol. The molecule has 1 heterocycles. The van der Waals surface area contributed by atoms with Crippen LogP contribution in [0.1, 0.15) is 30.1 Å². The number of likely N-dealkylation sites (tertiary alicyclic amines) is 1. The Kier molecular flexibility index (Phi) is 6.41. The van der Waals surface area contributed by atoms with Gasteiger partial charge in [0.2, 0.25) is 0 Å². The van der Waals surface area contributed by atoms with Crippen LogP contribution in [0.4, 0.5) is 0 Å². The van der Waals surface area contributed by atoms with Crippen LogP contribution in [-0.2, 0) is 0 Å². The van der Waals surface area contributed by atoms with E-state index in [4.69, 9.17) is 5.73 Å². The van der Waals surface area contributed by atoms with Gasteiger partial charge in [-0.3, -0.25) is 4.79 Å². The minimum atomic E-state index is 0. The van der Waals surface area contributed by atoms with Crippen LogP contribution in [0.2, 0.25) is 0 Å². The van der Waals surface area contributed by atoms with Gasteiger partial charge in [-0.25, -0.2) is 0 Å². The summed E-state index contributed by atoms with van der Waals surface area (Å²) in [5.41, 5.74) is 9.08. The van der Waals surface area contributed by atoms with Gasteiger partial charge < -0.3 is 10.6 Å². The first kappa shape index (κ1) is 18.5. The molecular formula is C20H25ClN2O. The average Bonchev–Trinajstić information content (AvgIpc) is 2.62. The maximum atomic E-state index is 12.7. The summed E-state index contributed by atoms with van der Waals surface area (Å²) in [5, 5.41) is 0. The molecule has 4 heteroatoms. The maximum Gasteiger partial charge on any atom is 0.253 e. The molecule has 0 saturated carbocycles. The van der Waals surface area contributed by atoms with E-state index in [1.54, 1.807) is 0 Å². The molecule has 2 aromatic rings. The number of hydrogen-bond acceptors (Lipinski definition) is 2. The van der Waals surface area contributed by atoms with Crippen molar-refractivity contribution < 1.29 is 4.79 Å². The van der Waals surface area contributed by atoms with Crippen molar-refractivity contribution in [2.75, 3.05) is 13.1 Å². The summed E-state index contributed by atoms with van der Waals surface area (Å²) < 4.78 is 0. The van der Waals surface area contributed by atoms with Crippen LogP contribution in [0.3, 0.4) is 0 Å². The number of nitrogens with zero attached hydrogens (tertiary/aromatic N) is 1. The Bertz CT molecular complexity index is 655. The highest BCUT2D eigenvalue weighted by Gasteiger charge is 2.26. The lowest BCUT2D eigenvalue weighted by Gasteiger charge is -2.34. The Morgan fingerprint density at radius 1 is 1.08 bits per heavy atom. The molecule has 1 aliphatic rings. The van der Waals surface area contributed by atoms with Crippen LogP contribution < -0.4 is 5.73 Å². The Morgan fingerprint density at radius 2 is 1.71 bits per heavy atom. The molecule has 1 saturated heterocycles. The van der Waals surface area contributed by atoms with Crippen molar-refractivity contribution in [3.05, 3.63) is 60.2 Å². The van der Waals surface area contributed by atoms with Crippen LogP contribution in [0.5, 0.6) is 0 Å². The van der Waals surface area contributed by atoms with E-state index in [9.17, 15) is 4.79 Å². The number of rotatable bonds is 3. The molecule has 0 spiro atoms. The highest BCUT2D eigenvalue weighted by molar-refractivity contribution is 5.94. The number of hydrogen-bond donors (Lipinski definition) is 1. The first-order chi connectivity index (χ1) is 11.1. The fraction of sp³-hybridized carbons (Fsp3) is 0.350. The van der Waals surface area contributed by atoms with Crippen LogP contribution in [0.25, 0.3) is 11.1 Å². The van der Waals surface area contributed by atoms with E-state index in [1.807, 2.05) is 54.3 Å². The van der Waals surface area contributed by atoms with Gasteiger partial charge >= 0.3 is 0 Å². The van der Waals surface area contributed by atoms with E-state index < -0.39 is 0 Å². The number of benzene rings is 2. The molecule has 0 aromatic heterocycles. The zero-order valence-electron chi connectivity index (χ0n) is 14.0. The molecule has 128 valence electrons. The van der Waals surface area contributed by atoms with Crippen molar-refractivity contribution >= 4 is 18.3 Å². The minimum Gasteiger partial charge on any atom is -0.338 e. The quantitative estimate of drug-likeness (QED) is 0.915. The molecule has 1 fully saturated rings. The molecule has 0 aliphatic carbocycles. The van der Waals surface area contributed by atoms with E-state index in [1.165, 1.54) is 5.56 Å². The van der Waals surface area contributed by atoms with Crippen molar-refractivity contribution in [3.8, 4) is 11.1 Å². The number of nitrogens with two attached hydrogens (primary N) is 1. The van der Waals surface area contributed by atoms with Crippen molar-refractivity contribution in [2.45, 2.75) is 25.8 Å². The normalized spacial score (nSPS) is 18.6. The Balaban J connectivity index is 0.00000208. The lowest BCUT2D eigenvalue weighted by atomic mass is 9.92. The van der Waals surface area contributed by atoms with E-state index in [0.717, 1.165) is 37.1 Å². The maximum absolute atomic E-state index is 12.7.